The molecule has 0 unspecified atom stereocenters. The van der Waals surface area contributed by atoms with Crippen LogP contribution in [0.4, 0.5) is 10.2 Å². The summed E-state index contributed by atoms with van der Waals surface area (Å²) in [6.07, 6.45) is 5.25. The number of fused-ring (bicyclic) bond motifs is 1. The number of nitrogens with zero attached hydrogens (tertiary/aromatic N) is 5. The van der Waals surface area contributed by atoms with Gasteiger partial charge in [-0.05, 0) is 12.1 Å². The molecule has 28 heavy (non-hydrogen) atoms. The number of carbonyl (C=O) groups is 1. The lowest BCUT2D eigenvalue weighted by atomic mass is 10.2. The molecule has 9 nitrogen and oxygen atoms in total. The first-order valence-corrected chi connectivity index (χ1v) is 8.06. The fourth-order valence-electron chi connectivity index (χ4n) is 2.49. The molecule has 1 amide bonds. The molecule has 1 N–H and O–H groups in total. The number of halogens is 1. The van der Waals surface area contributed by atoms with E-state index in [0.29, 0.717) is 17.3 Å². The van der Waals surface area contributed by atoms with Crippen LogP contribution in [0.15, 0.2) is 55.2 Å². The molecule has 4 aromatic heterocycles. The number of nitrogens with one attached hydrogen (secondary N) is 1. The fourth-order valence-corrected chi connectivity index (χ4v) is 2.49. The van der Waals surface area contributed by atoms with Crippen LogP contribution in [0.2, 0.25) is 0 Å². The highest BCUT2D eigenvalue weighted by Gasteiger charge is 2.16. The molecule has 0 aliphatic heterocycles. The summed E-state index contributed by atoms with van der Waals surface area (Å²) in [5.41, 5.74) is 0.522. The van der Waals surface area contributed by atoms with Gasteiger partial charge in [0.2, 0.25) is 5.88 Å². The minimum absolute atomic E-state index is 0.181. The molecule has 0 radical (unpaired) electrons. The summed E-state index contributed by atoms with van der Waals surface area (Å²) in [4.78, 5) is 24.8. The molecule has 0 aliphatic carbocycles. The van der Waals surface area contributed by atoms with E-state index in [9.17, 15) is 9.18 Å². The number of aromatic nitrogens is 5. The first kappa shape index (κ1) is 17.3. The Morgan fingerprint density at radius 1 is 1.21 bits per heavy atom. The Bertz CT molecular complexity index is 1160. The maximum atomic E-state index is 13.3. The lowest BCUT2D eigenvalue weighted by Gasteiger charge is -2.10. The summed E-state index contributed by atoms with van der Waals surface area (Å²) in [6.45, 7) is 0. The number of methoxy groups -OCH3 is 1. The van der Waals surface area contributed by atoms with Gasteiger partial charge in [-0.3, -0.25) is 9.78 Å². The van der Waals surface area contributed by atoms with Crippen LogP contribution in [0.5, 0.6) is 17.4 Å². The largest absolute Gasteiger partial charge is 0.481 e. The molecule has 4 heterocycles. The second-order valence-corrected chi connectivity index (χ2v) is 5.58. The number of hydrogen-bond acceptors (Lipinski definition) is 7. The standard InChI is InChI=1S/C18H13FN6O3/c1-27-16-4-2-3-15(23-16)24-18(26)14-6-13(9-25-17(14)21-10-22-25)28-12-5-11(19)7-20-8-12/h2-10H,1H3,(H,23,24,26). The highest BCUT2D eigenvalue weighted by Crippen LogP contribution is 2.24. The Hall–Kier alpha value is -4.08. The van der Waals surface area contributed by atoms with Gasteiger partial charge in [0, 0.05) is 12.1 Å². The SMILES string of the molecule is COc1cccc(NC(=O)c2cc(Oc3cncc(F)c3)cn3ncnc23)n1. The van der Waals surface area contributed by atoms with Gasteiger partial charge in [-0.25, -0.2) is 13.9 Å². The molecule has 0 fully saturated rings. The van der Waals surface area contributed by atoms with Crippen molar-refractivity contribution >= 4 is 17.4 Å². The van der Waals surface area contributed by atoms with Crippen LogP contribution in [-0.4, -0.2) is 37.6 Å². The molecule has 0 saturated heterocycles. The first-order chi connectivity index (χ1) is 13.6. The fraction of sp³-hybridized carbons (Fsp3) is 0.0556. The summed E-state index contributed by atoms with van der Waals surface area (Å²) < 4.78 is 25.4. The van der Waals surface area contributed by atoms with E-state index < -0.39 is 11.7 Å². The predicted molar refractivity (Wildman–Crippen MR) is 96.0 cm³/mol. The summed E-state index contributed by atoms with van der Waals surface area (Å²) in [7, 11) is 1.48. The Balaban J connectivity index is 1.67. The molecule has 4 rings (SSSR count). The van der Waals surface area contributed by atoms with E-state index in [0.717, 1.165) is 6.20 Å². The third kappa shape index (κ3) is 3.56. The third-order valence-corrected chi connectivity index (χ3v) is 3.68. The maximum absolute atomic E-state index is 13.3. The molecule has 10 heteroatoms. The molecule has 140 valence electrons. The molecule has 0 aromatic carbocycles. The molecule has 0 spiro atoms. The van der Waals surface area contributed by atoms with Gasteiger partial charge in [0.15, 0.2) is 5.65 Å². The van der Waals surface area contributed by atoms with Crippen LogP contribution in [0.1, 0.15) is 10.4 Å². The van der Waals surface area contributed by atoms with E-state index in [1.807, 2.05) is 0 Å². The van der Waals surface area contributed by atoms with Gasteiger partial charge in [0.05, 0.1) is 31.3 Å². The second kappa shape index (κ2) is 7.27. The number of anilines is 1. The van der Waals surface area contributed by atoms with E-state index in [4.69, 9.17) is 9.47 Å². The lowest BCUT2D eigenvalue weighted by molar-refractivity contribution is 0.102. The van der Waals surface area contributed by atoms with E-state index in [-0.39, 0.29) is 17.1 Å². The third-order valence-electron chi connectivity index (χ3n) is 3.68. The predicted octanol–water partition coefficient (Wildman–Crippen LogP) is 2.71. The van der Waals surface area contributed by atoms with Crippen LogP contribution in [0.3, 0.4) is 0 Å². The Morgan fingerprint density at radius 2 is 2.11 bits per heavy atom. The highest BCUT2D eigenvalue weighted by molar-refractivity contribution is 6.08. The van der Waals surface area contributed by atoms with Crippen LogP contribution < -0.4 is 14.8 Å². The van der Waals surface area contributed by atoms with Crippen molar-refractivity contribution in [3.05, 3.63) is 66.6 Å². The van der Waals surface area contributed by atoms with Crippen LogP contribution >= 0.6 is 0 Å². The van der Waals surface area contributed by atoms with Gasteiger partial charge in [-0.15, -0.1) is 0 Å². The van der Waals surface area contributed by atoms with Crippen LogP contribution in [0, 0.1) is 5.82 Å². The second-order valence-electron chi connectivity index (χ2n) is 5.58. The number of pyridine rings is 3. The minimum atomic E-state index is -0.540. The molecular weight excluding hydrogens is 367 g/mol. The highest BCUT2D eigenvalue weighted by atomic mass is 19.1. The van der Waals surface area contributed by atoms with E-state index >= 15 is 0 Å². The van der Waals surface area contributed by atoms with Crippen molar-refractivity contribution in [2.24, 2.45) is 0 Å². The summed E-state index contributed by atoms with van der Waals surface area (Å²) in [5.74, 6) is 0.0983. The van der Waals surface area contributed by atoms with Gasteiger partial charge >= 0.3 is 0 Å². The van der Waals surface area contributed by atoms with Gasteiger partial charge in [0.25, 0.3) is 5.91 Å². The molecule has 0 bridgehead atoms. The van der Waals surface area contributed by atoms with Crippen LogP contribution in [-0.2, 0) is 0 Å². The van der Waals surface area contributed by atoms with Gasteiger partial charge < -0.3 is 14.8 Å². The van der Waals surface area contributed by atoms with Crippen molar-refractivity contribution in [2.75, 3.05) is 12.4 Å². The number of ether oxygens (including phenoxy) is 2. The monoisotopic (exact) mass is 380 g/mol. The molecule has 0 saturated carbocycles. The van der Waals surface area contributed by atoms with Crippen molar-refractivity contribution in [3.8, 4) is 17.4 Å². The average Bonchev–Trinajstić information content (AvgIpc) is 3.16. The van der Waals surface area contributed by atoms with Crippen molar-refractivity contribution in [1.82, 2.24) is 24.6 Å². The van der Waals surface area contributed by atoms with Gasteiger partial charge in [0.1, 0.15) is 29.5 Å². The Morgan fingerprint density at radius 3 is 2.93 bits per heavy atom. The lowest BCUT2D eigenvalue weighted by Crippen LogP contribution is -2.15. The zero-order valence-electron chi connectivity index (χ0n) is 14.5. The van der Waals surface area contributed by atoms with Crippen molar-refractivity contribution in [3.63, 3.8) is 0 Å². The van der Waals surface area contributed by atoms with Gasteiger partial charge in [-0.2, -0.15) is 10.1 Å². The number of hydrogen-bond donors (Lipinski definition) is 1. The number of carbonyl (C=O) groups excluding carboxylic acids is 1. The van der Waals surface area contributed by atoms with E-state index in [2.05, 4.69) is 25.4 Å². The molecule has 4 aromatic rings. The van der Waals surface area contributed by atoms with E-state index in [1.54, 1.807) is 18.2 Å². The average molecular weight is 380 g/mol. The zero-order chi connectivity index (χ0) is 19.5. The summed E-state index contributed by atoms with van der Waals surface area (Å²) in [5, 5.41) is 6.71. The molecule has 0 atom stereocenters. The maximum Gasteiger partial charge on any atom is 0.260 e. The molecular formula is C18H13FN6O3. The quantitative estimate of drug-likeness (QED) is 0.568. The smallest absolute Gasteiger partial charge is 0.260 e. The Kier molecular flexibility index (Phi) is 4.50. The van der Waals surface area contributed by atoms with Crippen molar-refractivity contribution in [1.29, 1.82) is 0 Å². The minimum Gasteiger partial charge on any atom is -0.481 e. The van der Waals surface area contributed by atoms with Crippen molar-refractivity contribution in [2.45, 2.75) is 0 Å². The van der Waals surface area contributed by atoms with E-state index in [1.165, 1.54) is 42.5 Å². The summed E-state index contributed by atoms with van der Waals surface area (Å²) in [6, 6.07) is 7.64. The Labute approximate surface area is 157 Å². The summed E-state index contributed by atoms with van der Waals surface area (Å²) >= 11 is 0. The normalized spacial score (nSPS) is 10.6. The van der Waals surface area contributed by atoms with Gasteiger partial charge in [-0.1, -0.05) is 6.07 Å². The van der Waals surface area contributed by atoms with Crippen LogP contribution in [0.25, 0.3) is 5.65 Å². The topological polar surface area (TPSA) is 104 Å². The molecule has 0 aliphatic rings. The van der Waals surface area contributed by atoms with Crippen molar-refractivity contribution < 1.29 is 18.7 Å². The number of amides is 1. The first-order valence-electron chi connectivity index (χ1n) is 8.06. The number of rotatable bonds is 5. The zero-order valence-corrected chi connectivity index (χ0v) is 14.5.